The number of hydrogen-bond acceptors (Lipinski definition) is 6. The minimum absolute atomic E-state index is 0.0264. The Morgan fingerprint density at radius 1 is 1.21 bits per heavy atom. The molecule has 13 heteroatoms. The number of nitrogens with zero attached hydrogens (tertiary/aromatic N) is 2. The van der Waals surface area contributed by atoms with Gasteiger partial charge in [0.05, 0.1) is 24.7 Å². The highest BCUT2D eigenvalue weighted by atomic mass is 79.9. The summed E-state index contributed by atoms with van der Waals surface area (Å²) in [4.78, 5) is 12.9. The number of carbonyl (C=O) groups excluding carboxylic acids is 1. The molecule has 2 atom stereocenters. The van der Waals surface area contributed by atoms with Crippen LogP contribution in [-0.4, -0.2) is 36.1 Å². The van der Waals surface area contributed by atoms with Crippen molar-refractivity contribution < 1.29 is 31.9 Å². The standard InChI is InChI=1S/C20H17Br2F3N4O4/c1-31-12-4-3-9(7-13(12)32-2)26-19(30)17-16(22)18-27-10(11-5-6-15(21)33-11)8-14(20(23,24)25)29(18)28-17/h3-7,10,14,27H,8H2,1-2H3,(H,26,30)/t10-,14+/m1/s1. The van der Waals surface area contributed by atoms with Crippen molar-refractivity contribution in [2.45, 2.75) is 24.7 Å². The van der Waals surface area contributed by atoms with E-state index in [9.17, 15) is 18.0 Å². The Kier molecular flexibility index (Phi) is 6.36. The van der Waals surface area contributed by atoms with Gasteiger partial charge >= 0.3 is 6.18 Å². The monoisotopic (exact) mass is 592 g/mol. The van der Waals surface area contributed by atoms with E-state index in [1.807, 2.05) is 0 Å². The van der Waals surface area contributed by atoms with E-state index in [4.69, 9.17) is 13.9 Å². The van der Waals surface area contributed by atoms with E-state index in [2.05, 4.69) is 47.6 Å². The third kappa shape index (κ3) is 4.56. The molecule has 1 aliphatic heterocycles. The predicted octanol–water partition coefficient (Wildman–Crippen LogP) is 5.93. The largest absolute Gasteiger partial charge is 0.493 e. The summed E-state index contributed by atoms with van der Waals surface area (Å²) >= 11 is 6.40. The zero-order valence-corrected chi connectivity index (χ0v) is 20.3. The van der Waals surface area contributed by atoms with Crippen molar-refractivity contribution in [1.29, 1.82) is 0 Å². The first-order valence-electron chi connectivity index (χ1n) is 9.52. The first-order chi connectivity index (χ1) is 15.6. The fourth-order valence-electron chi connectivity index (χ4n) is 3.54. The van der Waals surface area contributed by atoms with E-state index < -0.39 is 24.2 Å². The summed E-state index contributed by atoms with van der Waals surface area (Å²) in [5.41, 5.74) is 0.150. The number of fused-ring (bicyclic) bond motifs is 1. The fourth-order valence-corrected chi connectivity index (χ4v) is 4.42. The molecule has 8 nitrogen and oxygen atoms in total. The lowest BCUT2D eigenvalue weighted by Gasteiger charge is -2.32. The lowest BCUT2D eigenvalue weighted by molar-refractivity contribution is -0.174. The van der Waals surface area contributed by atoms with Gasteiger partial charge in [0.2, 0.25) is 0 Å². The molecule has 0 fully saturated rings. The van der Waals surface area contributed by atoms with Crippen molar-refractivity contribution in [3.63, 3.8) is 0 Å². The Morgan fingerprint density at radius 2 is 1.94 bits per heavy atom. The zero-order chi connectivity index (χ0) is 23.9. The van der Waals surface area contributed by atoms with Crippen molar-refractivity contribution in [2.24, 2.45) is 0 Å². The molecular weight excluding hydrogens is 577 g/mol. The molecule has 1 aliphatic rings. The zero-order valence-electron chi connectivity index (χ0n) is 17.2. The smallest absolute Gasteiger partial charge is 0.410 e. The van der Waals surface area contributed by atoms with Crippen molar-refractivity contribution in [3.8, 4) is 11.5 Å². The SMILES string of the molecule is COc1ccc(NC(=O)c2nn3c(c2Br)N[C@@H](c2ccc(Br)o2)C[C@H]3C(F)(F)F)cc1OC. The predicted molar refractivity (Wildman–Crippen MR) is 120 cm³/mol. The van der Waals surface area contributed by atoms with Crippen LogP contribution in [0, 0.1) is 0 Å². The summed E-state index contributed by atoms with van der Waals surface area (Å²) in [7, 11) is 2.92. The quantitative estimate of drug-likeness (QED) is 0.381. The van der Waals surface area contributed by atoms with Gasteiger partial charge in [-0.05, 0) is 56.1 Å². The number of furan rings is 1. The van der Waals surface area contributed by atoms with E-state index in [1.54, 1.807) is 24.3 Å². The van der Waals surface area contributed by atoms with Gasteiger partial charge in [-0.1, -0.05) is 0 Å². The number of benzene rings is 1. The molecule has 4 rings (SSSR count). The average molecular weight is 594 g/mol. The molecule has 2 aromatic heterocycles. The molecule has 176 valence electrons. The summed E-state index contributed by atoms with van der Waals surface area (Å²) in [6.07, 6.45) is -4.96. The molecule has 0 saturated carbocycles. The van der Waals surface area contributed by atoms with Crippen LogP contribution in [-0.2, 0) is 0 Å². The Bertz CT molecular complexity index is 1190. The van der Waals surface area contributed by atoms with Gasteiger partial charge in [-0.15, -0.1) is 0 Å². The molecule has 3 aromatic rings. The third-order valence-corrected chi connectivity index (χ3v) is 6.27. The van der Waals surface area contributed by atoms with Gasteiger partial charge in [-0.25, -0.2) is 4.68 Å². The third-order valence-electron chi connectivity index (χ3n) is 5.09. The number of rotatable bonds is 5. The highest BCUT2D eigenvalue weighted by Gasteiger charge is 2.48. The second-order valence-electron chi connectivity index (χ2n) is 7.11. The fraction of sp³-hybridized carbons (Fsp3) is 0.300. The van der Waals surface area contributed by atoms with Crippen molar-refractivity contribution in [3.05, 3.63) is 50.9 Å². The van der Waals surface area contributed by atoms with Crippen LogP contribution in [0.25, 0.3) is 0 Å². The first-order valence-corrected chi connectivity index (χ1v) is 11.1. The van der Waals surface area contributed by atoms with Crippen LogP contribution in [0.4, 0.5) is 24.7 Å². The summed E-state index contributed by atoms with van der Waals surface area (Å²) < 4.78 is 58.8. The van der Waals surface area contributed by atoms with E-state index in [1.165, 1.54) is 20.3 Å². The molecule has 1 amide bonds. The highest BCUT2D eigenvalue weighted by molar-refractivity contribution is 9.10. The molecule has 0 radical (unpaired) electrons. The minimum Gasteiger partial charge on any atom is -0.493 e. The van der Waals surface area contributed by atoms with Crippen LogP contribution in [0.1, 0.15) is 34.8 Å². The molecule has 0 aliphatic carbocycles. The topological polar surface area (TPSA) is 90.5 Å². The van der Waals surface area contributed by atoms with E-state index >= 15 is 0 Å². The van der Waals surface area contributed by atoms with Crippen molar-refractivity contribution in [2.75, 3.05) is 24.9 Å². The Hall–Kier alpha value is -2.67. The van der Waals surface area contributed by atoms with Crippen molar-refractivity contribution >= 4 is 49.3 Å². The molecule has 3 heterocycles. The second kappa shape index (κ2) is 8.93. The second-order valence-corrected chi connectivity index (χ2v) is 8.69. The van der Waals surface area contributed by atoms with E-state index in [0.29, 0.717) is 27.6 Å². The number of carbonyl (C=O) groups is 1. The van der Waals surface area contributed by atoms with Crippen LogP contribution in [0.3, 0.4) is 0 Å². The number of nitrogens with one attached hydrogen (secondary N) is 2. The maximum Gasteiger partial charge on any atom is 0.410 e. The van der Waals surface area contributed by atoms with E-state index in [0.717, 1.165) is 4.68 Å². The molecule has 2 N–H and O–H groups in total. The number of hydrogen-bond donors (Lipinski definition) is 2. The van der Waals surface area contributed by atoms with E-state index in [-0.39, 0.29) is 22.4 Å². The summed E-state index contributed by atoms with van der Waals surface area (Å²) in [6, 6.07) is 5.15. The number of halogens is 5. The van der Waals surface area contributed by atoms with Crippen LogP contribution < -0.4 is 20.1 Å². The number of anilines is 2. The number of amides is 1. The highest BCUT2D eigenvalue weighted by Crippen LogP contribution is 2.46. The lowest BCUT2D eigenvalue weighted by Crippen LogP contribution is -2.35. The summed E-state index contributed by atoms with van der Waals surface area (Å²) in [6.45, 7) is 0. The number of alkyl halides is 3. The lowest BCUT2D eigenvalue weighted by atomic mass is 10.0. The summed E-state index contributed by atoms with van der Waals surface area (Å²) in [5.74, 6) is 0.494. The maximum atomic E-state index is 13.9. The van der Waals surface area contributed by atoms with Gasteiger partial charge in [-0.3, -0.25) is 4.79 Å². The van der Waals surface area contributed by atoms with Gasteiger partial charge in [-0.2, -0.15) is 18.3 Å². The first kappa shape index (κ1) is 23.5. The number of aromatic nitrogens is 2. The van der Waals surface area contributed by atoms with Gasteiger partial charge in [0, 0.05) is 18.2 Å². The molecule has 1 aromatic carbocycles. The molecule has 0 bridgehead atoms. The molecule has 0 unspecified atom stereocenters. The average Bonchev–Trinajstić information content (AvgIpc) is 3.35. The molecule has 0 spiro atoms. The van der Waals surface area contributed by atoms with Gasteiger partial charge in [0.15, 0.2) is 27.9 Å². The van der Waals surface area contributed by atoms with Gasteiger partial charge in [0.1, 0.15) is 11.6 Å². The van der Waals surface area contributed by atoms with Crippen LogP contribution in [0.2, 0.25) is 0 Å². The van der Waals surface area contributed by atoms with Crippen molar-refractivity contribution in [1.82, 2.24) is 9.78 Å². The molecule has 0 saturated heterocycles. The Labute approximate surface area is 202 Å². The molecule has 33 heavy (non-hydrogen) atoms. The number of methoxy groups -OCH3 is 2. The summed E-state index contributed by atoms with van der Waals surface area (Å²) in [5, 5.41) is 9.60. The van der Waals surface area contributed by atoms with Gasteiger partial charge in [0.25, 0.3) is 5.91 Å². The normalized spacial score (nSPS) is 17.8. The van der Waals surface area contributed by atoms with Crippen LogP contribution in [0.5, 0.6) is 11.5 Å². The molecular formula is C20H17Br2F3N4O4. The Balaban J connectivity index is 1.67. The van der Waals surface area contributed by atoms with Crippen LogP contribution in [0.15, 0.2) is 43.9 Å². The maximum absolute atomic E-state index is 13.9. The van der Waals surface area contributed by atoms with Crippen LogP contribution >= 0.6 is 31.9 Å². The number of ether oxygens (including phenoxy) is 2. The Morgan fingerprint density at radius 3 is 2.55 bits per heavy atom. The van der Waals surface area contributed by atoms with Gasteiger partial charge < -0.3 is 24.5 Å². The minimum atomic E-state index is -4.60.